The maximum atomic E-state index is 14.4. The summed E-state index contributed by atoms with van der Waals surface area (Å²) in [5.41, 5.74) is 1.22. The number of nitrogens with one attached hydrogen (secondary N) is 1. The van der Waals surface area contributed by atoms with Gasteiger partial charge in [-0.3, -0.25) is 0 Å². The zero-order chi connectivity index (χ0) is 16.0. The summed E-state index contributed by atoms with van der Waals surface area (Å²) in [4.78, 5) is 4.44. The smallest absolute Gasteiger partial charge is 0.291 e. The van der Waals surface area contributed by atoms with Crippen molar-refractivity contribution in [3.05, 3.63) is 35.6 Å². The van der Waals surface area contributed by atoms with E-state index < -0.39 is 0 Å². The third-order valence-corrected chi connectivity index (χ3v) is 4.26. The van der Waals surface area contributed by atoms with Crippen LogP contribution in [0, 0.1) is 5.82 Å². The van der Waals surface area contributed by atoms with Gasteiger partial charge < -0.3 is 9.84 Å². The molecule has 1 atom stereocenters. The molecule has 1 N–H and O–H groups in total. The molecule has 1 saturated heterocycles. The van der Waals surface area contributed by atoms with Crippen LogP contribution in [0.15, 0.2) is 22.7 Å². The Bertz CT molecular complexity index is 847. The highest BCUT2D eigenvalue weighted by Crippen LogP contribution is 2.29. The molecule has 0 aliphatic carbocycles. The first-order chi connectivity index (χ1) is 11.1. The van der Waals surface area contributed by atoms with Crippen molar-refractivity contribution in [2.45, 2.75) is 32.1 Å². The van der Waals surface area contributed by atoms with E-state index in [2.05, 4.69) is 20.6 Å². The van der Waals surface area contributed by atoms with Gasteiger partial charge in [-0.2, -0.15) is 14.8 Å². The Kier molecular flexibility index (Phi) is 3.37. The van der Waals surface area contributed by atoms with Gasteiger partial charge in [0.05, 0.1) is 11.6 Å². The molecule has 120 valence electrons. The van der Waals surface area contributed by atoms with Gasteiger partial charge in [0.1, 0.15) is 11.3 Å². The lowest BCUT2D eigenvalue weighted by molar-refractivity contribution is 0.356. The molecule has 0 spiro atoms. The highest BCUT2D eigenvalue weighted by Gasteiger charge is 2.25. The van der Waals surface area contributed by atoms with Crippen molar-refractivity contribution in [1.82, 2.24) is 25.2 Å². The number of para-hydroxylation sites is 1. The lowest BCUT2D eigenvalue weighted by Gasteiger charge is -1.99. The van der Waals surface area contributed by atoms with E-state index >= 15 is 0 Å². The Morgan fingerprint density at radius 1 is 1.39 bits per heavy atom. The van der Waals surface area contributed by atoms with Gasteiger partial charge in [0, 0.05) is 11.9 Å². The second-order valence-corrected chi connectivity index (χ2v) is 6.21. The number of rotatable bonds is 3. The zero-order valence-electron chi connectivity index (χ0n) is 13.1. The fraction of sp³-hybridized carbons (Fsp3) is 0.438. The molecule has 1 aromatic carbocycles. The summed E-state index contributed by atoms with van der Waals surface area (Å²) in [6.07, 6.45) is 0.965. The molecule has 3 aromatic rings. The minimum absolute atomic E-state index is 0.172. The van der Waals surface area contributed by atoms with E-state index in [0.717, 1.165) is 30.6 Å². The van der Waals surface area contributed by atoms with E-state index in [0.29, 0.717) is 11.4 Å². The van der Waals surface area contributed by atoms with Gasteiger partial charge in [-0.15, -0.1) is 0 Å². The van der Waals surface area contributed by atoms with Crippen LogP contribution in [0.1, 0.15) is 43.7 Å². The molecule has 1 fully saturated rings. The molecule has 0 amide bonds. The lowest BCUT2D eigenvalue weighted by Crippen LogP contribution is -2.08. The van der Waals surface area contributed by atoms with E-state index in [1.807, 2.05) is 19.9 Å². The molecule has 4 rings (SSSR count). The lowest BCUT2D eigenvalue weighted by atomic mass is 10.1. The van der Waals surface area contributed by atoms with Crippen LogP contribution in [-0.2, 0) is 0 Å². The standard InChI is InChI=1S/C16H18FN5O/c1-9(2)13-11-4-3-5-12(17)14(11)22(20-13)16-19-15(23-21-16)10-6-7-18-8-10/h3-5,9-10,18H,6-8H2,1-2H3. The molecule has 6 nitrogen and oxygen atoms in total. The fourth-order valence-electron chi connectivity index (χ4n) is 3.06. The summed E-state index contributed by atoms with van der Waals surface area (Å²) in [6, 6.07) is 4.99. The number of halogens is 1. The minimum Gasteiger partial charge on any atom is -0.337 e. The van der Waals surface area contributed by atoms with Crippen molar-refractivity contribution in [2.24, 2.45) is 0 Å². The molecule has 0 saturated carbocycles. The summed E-state index contributed by atoms with van der Waals surface area (Å²) in [5, 5.41) is 12.6. The number of hydrogen-bond donors (Lipinski definition) is 1. The van der Waals surface area contributed by atoms with Gasteiger partial charge in [0.25, 0.3) is 5.95 Å². The molecule has 2 aromatic heterocycles. The van der Waals surface area contributed by atoms with Crippen molar-refractivity contribution in [1.29, 1.82) is 0 Å². The number of benzene rings is 1. The quantitative estimate of drug-likeness (QED) is 0.805. The summed E-state index contributed by atoms with van der Waals surface area (Å²) in [5.74, 6) is 0.916. The zero-order valence-corrected chi connectivity index (χ0v) is 13.1. The molecule has 0 bridgehead atoms. The van der Waals surface area contributed by atoms with Crippen LogP contribution in [0.5, 0.6) is 0 Å². The first-order valence-corrected chi connectivity index (χ1v) is 7.87. The fourth-order valence-corrected chi connectivity index (χ4v) is 3.06. The van der Waals surface area contributed by atoms with E-state index in [9.17, 15) is 4.39 Å². The van der Waals surface area contributed by atoms with E-state index in [-0.39, 0.29) is 23.6 Å². The van der Waals surface area contributed by atoms with Crippen molar-refractivity contribution >= 4 is 10.9 Å². The molecule has 3 heterocycles. The van der Waals surface area contributed by atoms with Crippen LogP contribution in [0.3, 0.4) is 0 Å². The largest absolute Gasteiger partial charge is 0.337 e. The normalized spacial score (nSPS) is 18.3. The average Bonchev–Trinajstić information content (AvgIpc) is 3.25. The third kappa shape index (κ3) is 2.31. The van der Waals surface area contributed by atoms with Crippen LogP contribution in [0.2, 0.25) is 0 Å². The number of hydrogen-bond acceptors (Lipinski definition) is 5. The van der Waals surface area contributed by atoms with Gasteiger partial charge in [-0.05, 0) is 30.1 Å². The highest BCUT2D eigenvalue weighted by molar-refractivity contribution is 5.84. The maximum Gasteiger partial charge on any atom is 0.291 e. The monoisotopic (exact) mass is 315 g/mol. The van der Waals surface area contributed by atoms with Crippen molar-refractivity contribution < 1.29 is 8.91 Å². The Labute approximate surface area is 132 Å². The van der Waals surface area contributed by atoms with Crippen molar-refractivity contribution in [2.75, 3.05) is 13.1 Å². The molecule has 1 aliphatic rings. The van der Waals surface area contributed by atoms with Crippen molar-refractivity contribution in [3.8, 4) is 5.95 Å². The summed E-state index contributed by atoms with van der Waals surface area (Å²) < 4.78 is 21.2. The van der Waals surface area contributed by atoms with Gasteiger partial charge in [0.2, 0.25) is 5.89 Å². The number of fused-ring (bicyclic) bond motifs is 1. The first kappa shape index (κ1) is 14.3. The number of aromatic nitrogens is 4. The topological polar surface area (TPSA) is 68.8 Å². The molecule has 7 heteroatoms. The van der Waals surface area contributed by atoms with E-state index in [1.165, 1.54) is 10.7 Å². The van der Waals surface area contributed by atoms with Crippen LogP contribution in [0.4, 0.5) is 4.39 Å². The predicted octanol–water partition coefficient (Wildman–Crippen LogP) is 2.75. The molecule has 0 radical (unpaired) electrons. The van der Waals surface area contributed by atoms with E-state index in [4.69, 9.17) is 4.52 Å². The first-order valence-electron chi connectivity index (χ1n) is 7.87. The van der Waals surface area contributed by atoms with E-state index in [1.54, 1.807) is 6.07 Å². The summed E-state index contributed by atoms with van der Waals surface area (Å²) >= 11 is 0. The number of nitrogens with zero attached hydrogens (tertiary/aromatic N) is 4. The Morgan fingerprint density at radius 3 is 3.00 bits per heavy atom. The Balaban J connectivity index is 1.85. The second-order valence-electron chi connectivity index (χ2n) is 6.21. The Hall–Kier alpha value is -2.28. The summed E-state index contributed by atoms with van der Waals surface area (Å²) in [6.45, 7) is 5.83. The van der Waals surface area contributed by atoms with Crippen LogP contribution < -0.4 is 5.32 Å². The Morgan fingerprint density at radius 2 is 2.26 bits per heavy atom. The predicted molar refractivity (Wildman–Crippen MR) is 83.2 cm³/mol. The molecule has 1 unspecified atom stereocenters. The van der Waals surface area contributed by atoms with Crippen LogP contribution >= 0.6 is 0 Å². The second kappa shape index (κ2) is 5.42. The molecule has 1 aliphatic heterocycles. The SMILES string of the molecule is CC(C)c1nn(-c2noc(C3CCNC3)n2)c2c(F)cccc12. The summed E-state index contributed by atoms with van der Waals surface area (Å²) in [7, 11) is 0. The van der Waals surface area contributed by atoms with Gasteiger partial charge >= 0.3 is 0 Å². The van der Waals surface area contributed by atoms with Crippen molar-refractivity contribution in [3.63, 3.8) is 0 Å². The average molecular weight is 315 g/mol. The van der Waals surface area contributed by atoms with Gasteiger partial charge in [-0.25, -0.2) is 4.39 Å². The minimum atomic E-state index is -0.337. The van der Waals surface area contributed by atoms with Crippen LogP contribution in [0.25, 0.3) is 16.9 Å². The molecular weight excluding hydrogens is 297 g/mol. The van der Waals surface area contributed by atoms with Crippen LogP contribution in [-0.4, -0.2) is 33.0 Å². The highest BCUT2D eigenvalue weighted by atomic mass is 19.1. The maximum absolute atomic E-state index is 14.4. The molecular formula is C16H18FN5O. The van der Waals surface area contributed by atoms with Gasteiger partial charge in [-0.1, -0.05) is 26.0 Å². The molecule has 23 heavy (non-hydrogen) atoms. The third-order valence-electron chi connectivity index (χ3n) is 4.26. The van der Waals surface area contributed by atoms with Gasteiger partial charge in [0.15, 0.2) is 0 Å².